The van der Waals surface area contributed by atoms with Crippen LogP contribution in [0.3, 0.4) is 0 Å². The number of benzene rings is 2. The number of allylic oxidation sites excluding steroid dienone is 6. The molecule has 174 valence electrons. The maximum atomic E-state index is 12.8. The molecule has 2 aromatic carbocycles. The van der Waals surface area contributed by atoms with Crippen molar-refractivity contribution in [2.45, 2.75) is 18.7 Å². The molecule has 1 aliphatic rings. The van der Waals surface area contributed by atoms with Crippen LogP contribution in [0.4, 0.5) is 0 Å². The van der Waals surface area contributed by atoms with E-state index in [1.807, 2.05) is 55.5 Å². The molecule has 0 aliphatic heterocycles. The second kappa shape index (κ2) is 11.8. The molecule has 5 N–H and O–H groups in total. The Morgan fingerprint density at radius 1 is 1.12 bits per heavy atom. The Morgan fingerprint density at radius 3 is 2.53 bits per heavy atom. The first-order valence-electron chi connectivity index (χ1n) is 10.8. The van der Waals surface area contributed by atoms with E-state index in [1.165, 1.54) is 11.8 Å². The number of phenols is 1. The zero-order valence-electron chi connectivity index (χ0n) is 19.1. The third-order valence-corrected chi connectivity index (χ3v) is 6.45. The summed E-state index contributed by atoms with van der Waals surface area (Å²) in [5.74, 6) is -0.104. The molecule has 1 unspecified atom stereocenters. The average Bonchev–Trinajstić information content (AvgIpc) is 3.05. The Bertz CT molecular complexity index is 1190. The molecule has 0 spiro atoms. The van der Waals surface area contributed by atoms with Crippen LogP contribution < -0.4 is 16.4 Å². The largest absolute Gasteiger partial charge is 0.507 e. The Balaban J connectivity index is 1.91. The predicted molar refractivity (Wildman–Crippen MR) is 143 cm³/mol. The number of nitrogens with two attached hydrogens (primary N) is 1. The lowest BCUT2D eigenvalue weighted by atomic mass is 10.1. The van der Waals surface area contributed by atoms with E-state index in [0.717, 1.165) is 17.0 Å². The molecule has 0 aromatic heterocycles. The van der Waals surface area contributed by atoms with Gasteiger partial charge in [-0.15, -0.1) is 6.58 Å². The molecule has 1 aliphatic carbocycles. The van der Waals surface area contributed by atoms with Gasteiger partial charge in [0.2, 0.25) is 0 Å². The quantitative estimate of drug-likeness (QED) is 0.218. The van der Waals surface area contributed by atoms with Gasteiger partial charge in [-0.25, -0.2) is 0 Å². The SMILES string of the molecule is C=CC(NC1=CCC=C(N)C=C1)S/C(C(=C)c1ccccc1O)=C(\C)NC(=O)c1ccccc1. The van der Waals surface area contributed by atoms with Crippen molar-refractivity contribution in [2.24, 2.45) is 5.73 Å². The molecular weight excluding hydrogens is 442 g/mol. The van der Waals surface area contributed by atoms with Crippen LogP contribution in [-0.4, -0.2) is 16.4 Å². The maximum Gasteiger partial charge on any atom is 0.255 e. The van der Waals surface area contributed by atoms with Gasteiger partial charge in [0.25, 0.3) is 5.91 Å². The Morgan fingerprint density at radius 2 is 1.82 bits per heavy atom. The monoisotopic (exact) mass is 471 g/mol. The van der Waals surface area contributed by atoms with Crippen LogP contribution in [0.5, 0.6) is 5.75 Å². The number of rotatable bonds is 9. The van der Waals surface area contributed by atoms with Crippen LogP contribution in [0.1, 0.15) is 29.3 Å². The smallest absolute Gasteiger partial charge is 0.255 e. The van der Waals surface area contributed by atoms with E-state index < -0.39 is 0 Å². The summed E-state index contributed by atoms with van der Waals surface area (Å²) in [5.41, 5.74) is 9.88. The summed E-state index contributed by atoms with van der Waals surface area (Å²) >= 11 is 1.45. The van der Waals surface area contributed by atoms with Gasteiger partial charge in [0, 0.05) is 33.1 Å². The van der Waals surface area contributed by atoms with Crippen molar-refractivity contribution < 1.29 is 9.90 Å². The van der Waals surface area contributed by atoms with E-state index in [4.69, 9.17) is 5.73 Å². The number of amides is 1. The van der Waals surface area contributed by atoms with E-state index in [-0.39, 0.29) is 17.0 Å². The van der Waals surface area contributed by atoms with Gasteiger partial charge in [-0.3, -0.25) is 4.79 Å². The first-order valence-corrected chi connectivity index (χ1v) is 11.7. The lowest BCUT2D eigenvalue weighted by Gasteiger charge is -2.22. The Labute approximate surface area is 205 Å². The highest BCUT2D eigenvalue weighted by Crippen LogP contribution is 2.38. The number of para-hydroxylation sites is 1. The summed E-state index contributed by atoms with van der Waals surface area (Å²) in [6.07, 6.45) is 10.2. The van der Waals surface area contributed by atoms with Crippen LogP contribution in [-0.2, 0) is 0 Å². The molecule has 0 bridgehead atoms. The molecule has 0 saturated heterocycles. The summed E-state index contributed by atoms with van der Waals surface area (Å²) in [6.45, 7) is 10.0. The third kappa shape index (κ3) is 6.56. The molecule has 5 nitrogen and oxygen atoms in total. The maximum absolute atomic E-state index is 12.8. The Hall–Kier alpha value is -3.90. The van der Waals surface area contributed by atoms with E-state index in [2.05, 4.69) is 23.8 Å². The minimum atomic E-state index is -0.239. The Kier molecular flexibility index (Phi) is 8.60. The van der Waals surface area contributed by atoms with Gasteiger partial charge in [0.15, 0.2) is 0 Å². The second-order valence-corrected chi connectivity index (χ2v) is 8.77. The van der Waals surface area contributed by atoms with Gasteiger partial charge in [-0.05, 0) is 49.3 Å². The fourth-order valence-electron chi connectivity index (χ4n) is 3.30. The number of aromatic hydroxyl groups is 1. The molecule has 0 saturated carbocycles. The summed E-state index contributed by atoms with van der Waals surface area (Å²) in [6, 6.07) is 16.0. The highest BCUT2D eigenvalue weighted by molar-refractivity contribution is 8.04. The topological polar surface area (TPSA) is 87.4 Å². The van der Waals surface area contributed by atoms with E-state index in [1.54, 1.807) is 36.4 Å². The second-order valence-electron chi connectivity index (χ2n) is 7.62. The molecule has 3 rings (SSSR count). The minimum absolute atomic E-state index is 0.117. The van der Waals surface area contributed by atoms with Crippen molar-refractivity contribution in [1.29, 1.82) is 0 Å². The highest BCUT2D eigenvalue weighted by atomic mass is 32.2. The number of phenolic OH excluding ortho intramolecular Hbond substituents is 1. The van der Waals surface area contributed by atoms with Crippen LogP contribution in [0.2, 0.25) is 0 Å². The molecule has 2 aromatic rings. The summed E-state index contributed by atoms with van der Waals surface area (Å²) in [7, 11) is 0. The number of carbonyl (C=O) groups excluding carboxylic acids is 1. The van der Waals surface area contributed by atoms with Crippen molar-refractivity contribution in [3.8, 4) is 5.75 Å². The van der Waals surface area contributed by atoms with E-state index in [9.17, 15) is 9.90 Å². The number of carbonyl (C=O) groups is 1. The summed E-state index contributed by atoms with van der Waals surface area (Å²) in [4.78, 5) is 13.5. The summed E-state index contributed by atoms with van der Waals surface area (Å²) in [5, 5.41) is 16.6. The molecule has 1 amide bonds. The zero-order chi connectivity index (χ0) is 24.5. The van der Waals surface area contributed by atoms with Crippen molar-refractivity contribution in [1.82, 2.24) is 10.6 Å². The molecule has 6 heteroatoms. The van der Waals surface area contributed by atoms with Crippen molar-refractivity contribution in [3.05, 3.63) is 131 Å². The predicted octanol–water partition coefficient (Wildman–Crippen LogP) is 5.59. The standard InChI is InChI=1S/C28H29N3O2S/c1-4-26(31-23-14-10-13-22(29)17-18-23)34-27(19(2)24-15-8-9-16-25(24)32)20(3)30-28(33)21-11-6-5-7-12-21/h4-9,11-18,26,31-32H,1-2,10,29H2,3H3,(H,30,33)/b27-20+. The number of nitrogens with one attached hydrogen (secondary N) is 2. The number of thioether (sulfide) groups is 1. The van der Waals surface area contributed by atoms with E-state index in [0.29, 0.717) is 28.1 Å². The number of hydrogen-bond donors (Lipinski definition) is 4. The molecule has 0 fully saturated rings. The van der Waals surface area contributed by atoms with Crippen molar-refractivity contribution in [2.75, 3.05) is 0 Å². The average molecular weight is 472 g/mol. The van der Waals surface area contributed by atoms with Gasteiger partial charge in [0.05, 0.1) is 5.37 Å². The van der Waals surface area contributed by atoms with Gasteiger partial charge < -0.3 is 21.5 Å². The normalized spacial score (nSPS) is 14.6. The minimum Gasteiger partial charge on any atom is -0.507 e. The lowest BCUT2D eigenvalue weighted by Crippen LogP contribution is -2.25. The van der Waals surface area contributed by atoms with Gasteiger partial charge in [-0.2, -0.15) is 0 Å². The number of hydrogen-bond acceptors (Lipinski definition) is 5. The third-order valence-electron chi connectivity index (χ3n) is 5.10. The highest BCUT2D eigenvalue weighted by Gasteiger charge is 2.19. The van der Waals surface area contributed by atoms with Gasteiger partial charge in [0.1, 0.15) is 5.75 Å². The summed E-state index contributed by atoms with van der Waals surface area (Å²) < 4.78 is 0. The first kappa shape index (κ1) is 24.7. The van der Waals surface area contributed by atoms with Crippen LogP contribution in [0, 0.1) is 0 Å². The molecular formula is C28H29N3O2S. The van der Waals surface area contributed by atoms with E-state index >= 15 is 0 Å². The molecule has 1 atom stereocenters. The van der Waals surface area contributed by atoms with Crippen molar-refractivity contribution >= 4 is 23.2 Å². The van der Waals surface area contributed by atoms with Gasteiger partial charge >= 0.3 is 0 Å². The van der Waals surface area contributed by atoms with Gasteiger partial charge in [-0.1, -0.05) is 73.0 Å². The fraction of sp³-hybridized carbons (Fsp3) is 0.107. The molecule has 0 heterocycles. The van der Waals surface area contributed by atoms with Crippen LogP contribution >= 0.6 is 11.8 Å². The lowest BCUT2D eigenvalue weighted by molar-refractivity contribution is 0.0966. The zero-order valence-corrected chi connectivity index (χ0v) is 19.9. The van der Waals surface area contributed by atoms with Crippen LogP contribution in [0.25, 0.3) is 5.57 Å². The van der Waals surface area contributed by atoms with Crippen molar-refractivity contribution in [3.63, 3.8) is 0 Å². The molecule has 34 heavy (non-hydrogen) atoms. The fourth-order valence-corrected chi connectivity index (χ4v) is 4.33. The van der Waals surface area contributed by atoms with Crippen LogP contribution in [0.15, 0.2) is 120 Å². The first-order chi connectivity index (χ1) is 16.4. The molecule has 0 radical (unpaired) electrons.